The van der Waals surface area contributed by atoms with Gasteiger partial charge in [-0.25, -0.2) is 4.90 Å². The maximum absolute atomic E-state index is 13.4. The van der Waals surface area contributed by atoms with Crippen molar-refractivity contribution in [3.05, 3.63) is 45.9 Å². The van der Waals surface area contributed by atoms with Gasteiger partial charge in [-0.1, -0.05) is 0 Å². The zero-order chi connectivity index (χ0) is 24.1. The number of nitrogens with zero attached hydrogens (tertiary/aromatic N) is 1. The second kappa shape index (κ2) is 10.7. The number of carbonyl (C=O) groups excluding carboxylic acids is 2. The minimum atomic E-state index is -0.610. The number of nitrogens with one attached hydrogen (secondary N) is 1. The summed E-state index contributed by atoms with van der Waals surface area (Å²) in [6, 6.07) is 8.38. The summed E-state index contributed by atoms with van der Waals surface area (Å²) >= 11 is 8.76. The van der Waals surface area contributed by atoms with E-state index in [2.05, 4.69) is 21.2 Å². The molecular weight excluding hydrogens is 512 g/mol. The highest BCUT2D eigenvalue weighted by Gasteiger charge is 2.36. The maximum Gasteiger partial charge on any atom is 0.270 e. The number of halogens is 1. The molecule has 0 spiro atoms. The van der Waals surface area contributed by atoms with E-state index in [9.17, 15) is 9.59 Å². The largest absolute Gasteiger partial charge is 0.497 e. The van der Waals surface area contributed by atoms with Gasteiger partial charge in [0.2, 0.25) is 0 Å². The summed E-state index contributed by atoms with van der Waals surface area (Å²) in [5.41, 5.74) is 0.788. The van der Waals surface area contributed by atoms with Crippen LogP contribution < -0.4 is 29.2 Å². The zero-order valence-electron chi connectivity index (χ0n) is 18.6. The Balaban J connectivity index is 2.09. The molecule has 0 bridgehead atoms. The molecule has 0 radical (unpaired) electrons. The highest BCUT2D eigenvalue weighted by Crippen LogP contribution is 2.37. The smallest absolute Gasteiger partial charge is 0.270 e. The predicted molar refractivity (Wildman–Crippen MR) is 132 cm³/mol. The minimum Gasteiger partial charge on any atom is -0.497 e. The van der Waals surface area contributed by atoms with Crippen molar-refractivity contribution in [2.45, 2.75) is 13.8 Å². The molecule has 0 saturated carbocycles. The lowest BCUT2D eigenvalue weighted by Crippen LogP contribution is -2.54. The first-order valence-electron chi connectivity index (χ1n) is 10.1. The quantitative estimate of drug-likeness (QED) is 0.310. The van der Waals surface area contributed by atoms with Gasteiger partial charge in [-0.15, -0.1) is 0 Å². The van der Waals surface area contributed by atoms with Gasteiger partial charge in [-0.05, 0) is 66.3 Å². The Hall–Kier alpha value is -3.11. The third kappa shape index (κ3) is 5.12. The van der Waals surface area contributed by atoms with E-state index in [4.69, 9.17) is 31.2 Å². The first-order chi connectivity index (χ1) is 15.8. The summed E-state index contributed by atoms with van der Waals surface area (Å²) in [5.74, 6) is 0.763. The Labute approximate surface area is 205 Å². The van der Waals surface area contributed by atoms with E-state index in [0.717, 1.165) is 0 Å². The maximum atomic E-state index is 13.4. The number of hydrogen-bond donors (Lipinski definition) is 1. The lowest BCUT2D eigenvalue weighted by Gasteiger charge is -2.30. The fourth-order valence-corrected chi connectivity index (χ4v) is 3.96. The number of thiocarbonyl (C=S) groups is 1. The van der Waals surface area contributed by atoms with Crippen LogP contribution >= 0.6 is 28.1 Å². The van der Waals surface area contributed by atoms with Gasteiger partial charge in [0.15, 0.2) is 5.11 Å². The van der Waals surface area contributed by atoms with E-state index in [0.29, 0.717) is 51.9 Å². The van der Waals surface area contributed by atoms with Crippen molar-refractivity contribution in [2.75, 3.05) is 32.3 Å². The van der Waals surface area contributed by atoms with Crippen molar-refractivity contribution in [1.82, 2.24) is 5.32 Å². The van der Waals surface area contributed by atoms with Crippen molar-refractivity contribution in [3.8, 4) is 23.0 Å². The van der Waals surface area contributed by atoms with Crippen LogP contribution in [0.3, 0.4) is 0 Å². The number of anilines is 1. The molecule has 1 heterocycles. The molecule has 0 unspecified atom stereocenters. The Morgan fingerprint density at radius 2 is 1.70 bits per heavy atom. The number of hydrogen-bond acceptors (Lipinski definition) is 7. The number of amides is 2. The Morgan fingerprint density at radius 3 is 2.33 bits per heavy atom. The monoisotopic (exact) mass is 534 g/mol. The molecule has 0 aromatic heterocycles. The van der Waals surface area contributed by atoms with E-state index in [1.165, 1.54) is 25.2 Å². The number of rotatable bonds is 8. The van der Waals surface area contributed by atoms with Gasteiger partial charge in [-0.3, -0.25) is 14.9 Å². The predicted octanol–water partition coefficient (Wildman–Crippen LogP) is 4.10. The van der Waals surface area contributed by atoms with E-state index in [1.54, 1.807) is 30.3 Å². The van der Waals surface area contributed by atoms with Gasteiger partial charge >= 0.3 is 0 Å². The second-order valence-corrected chi connectivity index (χ2v) is 7.92. The average molecular weight is 535 g/mol. The first kappa shape index (κ1) is 24.5. The fraction of sp³-hybridized carbons (Fsp3) is 0.261. The molecule has 0 aliphatic carbocycles. The Morgan fingerprint density at radius 1 is 1.00 bits per heavy atom. The van der Waals surface area contributed by atoms with E-state index in [-0.39, 0.29) is 10.7 Å². The topological polar surface area (TPSA) is 86.3 Å². The fourth-order valence-electron chi connectivity index (χ4n) is 3.21. The van der Waals surface area contributed by atoms with Crippen LogP contribution in [0.2, 0.25) is 0 Å². The third-order valence-electron chi connectivity index (χ3n) is 4.69. The minimum absolute atomic E-state index is 0.0523. The standard InChI is InChI=1S/C23H23BrN2O6S/c1-5-31-18-12-19(32-6-2)16(24)10-13(18)9-15-21(27)25-23(33)26(22(15)28)17-8-7-14(29-3)11-20(17)30-4/h7-12H,5-6H2,1-4H3,(H,25,27,33)/b15-9+. The number of carbonyl (C=O) groups is 2. The lowest BCUT2D eigenvalue weighted by molar-refractivity contribution is -0.122. The molecule has 2 amide bonds. The van der Waals surface area contributed by atoms with E-state index < -0.39 is 11.8 Å². The molecule has 33 heavy (non-hydrogen) atoms. The molecular formula is C23H23BrN2O6S. The molecule has 1 fully saturated rings. The van der Waals surface area contributed by atoms with Crippen LogP contribution in [0.25, 0.3) is 6.08 Å². The first-order valence-corrected chi connectivity index (χ1v) is 11.3. The number of methoxy groups -OCH3 is 2. The average Bonchev–Trinajstić information content (AvgIpc) is 2.79. The number of ether oxygens (including phenoxy) is 4. The Bertz CT molecular complexity index is 1130. The molecule has 1 N–H and O–H groups in total. The molecule has 2 aromatic carbocycles. The molecule has 174 valence electrons. The number of benzene rings is 2. The van der Waals surface area contributed by atoms with Crippen molar-refractivity contribution < 1.29 is 28.5 Å². The molecule has 8 nitrogen and oxygen atoms in total. The SMILES string of the molecule is CCOc1cc(OCC)c(/C=C2\C(=O)NC(=S)N(c3ccc(OC)cc3OC)C2=O)cc1Br. The van der Waals surface area contributed by atoms with Gasteiger partial charge in [0.1, 0.15) is 28.6 Å². The lowest BCUT2D eigenvalue weighted by atomic mass is 10.1. The van der Waals surface area contributed by atoms with Gasteiger partial charge in [0.25, 0.3) is 11.8 Å². The van der Waals surface area contributed by atoms with Gasteiger partial charge in [-0.2, -0.15) is 0 Å². The van der Waals surface area contributed by atoms with Crippen LogP contribution in [-0.4, -0.2) is 44.4 Å². The van der Waals surface area contributed by atoms with Crippen LogP contribution in [0.4, 0.5) is 5.69 Å². The summed E-state index contributed by atoms with van der Waals surface area (Å²) in [7, 11) is 2.99. The van der Waals surface area contributed by atoms with Crippen LogP contribution in [0.1, 0.15) is 19.4 Å². The third-order valence-corrected chi connectivity index (χ3v) is 5.60. The summed E-state index contributed by atoms with van der Waals surface area (Å²) < 4.78 is 22.6. The molecule has 1 aliphatic heterocycles. The van der Waals surface area contributed by atoms with Crippen LogP contribution in [0.5, 0.6) is 23.0 Å². The van der Waals surface area contributed by atoms with Gasteiger partial charge in [0.05, 0.1) is 37.6 Å². The molecule has 1 aliphatic rings. The zero-order valence-corrected chi connectivity index (χ0v) is 21.0. The normalized spacial score (nSPS) is 14.9. The van der Waals surface area contributed by atoms with Gasteiger partial charge in [0, 0.05) is 17.7 Å². The molecule has 10 heteroatoms. The van der Waals surface area contributed by atoms with Crippen LogP contribution in [-0.2, 0) is 9.59 Å². The Kier molecular flexibility index (Phi) is 7.93. The second-order valence-electron chi connectivity index (χ2n) is 6.68. The molecule has 0 atom stereocenters. The van der Waals surface area contributed by atoms with Crippen molar-refractivity contribution >= 4 is 56.8 Å². The summed E-state index contributed by atoms with van der Waals surface area (Å²) in [6.45, 7) is 4.58. The van der Waals surface area contributed by atoms with Gasteiger partial charge < -0.3 is 18.9 Å². The molecule has 1 saturated heterocycles. The highest BCUT2D eigenvalue weighted by atomic mass is 79.9. The molecule has 2 aromatic rings. The van der Waals surface area contributed by atoms with Crippen LogP contribution in [0.15, 0.2) is 40.4 Å². The summed E-state index contributed by atoms with van der Waals surface area (Å²) in [5, 5.41) is 2.52. The van der Waals surface area contributed by atoms with Crippen molar-refractivity contribution in [2.24, 2.45) is 0 Å². The summed E-state index contributed by atoms with van der Waals surface area (Å²) in [6.07, 6.45) is 1.47. The van der Waals surface area contributed by atoms with Crippen molar-refractivity contribution in [1.29, 1.82) is 0 Å². The van der Waals surface area contributed by atoms with E-state index in [1.807, 2.05) is 13.8 Å². The summed E-state index contributed by atoms with van der Waals surface area (Å²) in [4.78, 5) is 27.4. The highest BCUT2D eigenvalue weighted by molar-refractivity contribution is 9.10. The van der Waals surface area contributed by atoms with Crippen molar-refractivity contribution in [3.63, 3.8) is 0 Å². The van der Waals surface area contributed by atoms with Crippen LogP contribution in [0, 0.1) is 0 Å². The van der Waals surface area contributed by atoms with E-state index >= 15 is 0 Å². The molecule has 3 rings (SSSR count).